The fourth-order valence-electron chi connectivity index (χ4n) is 4.67. The van der Waals surface area contributed by atoms with Crippen molar-refractivity contribution in [3.8, 4) is 11.5 Å². The average molecular weight is 479 g/mol. The van der Waals surface area contributed by atoms with Gasteiger partial charge in [0, 0.05) is 18.8 Å². The van der Waals surface area contributed by atoms with E-state index in [9.17, 15) is 4.79 Å². The minimum Gasteiger partial charge on any atom is -0.493 e. The van der Waals surface area contributed by atoms with Gasteiger partial charge in [0.2, 0.25) is 0 Å². The van der Waals surface area contributed by atoms with Gasteiger partial charge in [0.25, 0.3) is 0 Å². The molecule has 0 unspecified atom stereocenters. The summed E-state index contributed by atoms with van der Waals surface area (Å²) in [6.45, 7) is 13.0. The van der Waals surface area contributed by atoms with Crippen molar-refractivity contribution in [1.82, 2.24) is 14.9 Å². The van der Waals surface area contributed by atoms with Gasteiger partial charge in [-0.1, -0.05) is 40.2 Å². The second kappa shape index (κ2) is 11.1. The third-order valence-corrected chi connectivity index (χ3v) is 6.29. The highest BCUT2D eigenvalue weighted by Crippen LogP contribution is 2.33. The summed E-state index contributed by atoms with van der Waals surface area (Å²) < 4.78 is 11.2. The molecule has 0 bridgehead atoms. The summed E-state index contributed by atoms with van der Waals surface area (Å²) in [4.78, 5) is 23.2. The Kier molecular flexibility index (Phi) is 7.96. The first kappa shape index (κ1) is 25.0. The number of pyridine rings is 1. The fraction of sp³-hybridized carbons (Fsp3) is 0.500. The number of nitrogens with zero attached hydrogens (tertiary/aromatic N) is 2. The number of anilines is 1. The summed E-state index contributed by atoms with van der Waals surface area (Å²) in [5.41, 5.74) is 3.44. The number of rotatable bonds is 8. The van der Waals surface area contributed by atoms with Crippen LogP contribution in [0, 0.1) is 5.41 Å². The molecule has 188 valence electrons. The zero-order valence-electron chi connectivity index (χ0n) is 21.4. The summed E-state index contributed by atoms with van der Waals surface area (Å²) in [5, 5.41) is 2.77. The van der Waals surface area contributed by atoms with Crippen LogP contribution in [0.1, 0.15) is 64.9 Å². The zero-order valence-corrected chi connectivity index (χ0v) is 21.4. The van der Waals surface area contributed by atoms with E-state index in [2.05, 4.69) is 49.1 Å². The molecule has 0 atom stereocenters. The lowest BCUT2D eigenvalue weighted by Gasteiger charge is -2.35. The number of unbranched alkanes of at least 4 members (excludes halogenated alkanes) is 1. The lowest BCUT2D eigenvalue weighted by molar-refractivity contribution is 0.154. The van der Waals surface area contributed by atoms with Gasteiger partial charge in [-0.15, -0.1) is 0 Å². The van der Waals surface area contributed by atoms with E-state index < -0.39 is 6.09 Å². The van der Waals surface area contributed by atoms with E-state index in [-0.39, 0.29) is 0 Å². The Morgan fingerprint density at radius 2 is 1.94 bits per heavy atom. The van der Waals surface area contributed by atoms with Gasteiger partial charge < -0.3 is 19.4 Å². The third kappa shape index (κ3) is 6.98. The molecular weight excluding hydrogens is 440 g/mol. The standard InChI is InChI=1S/C28H38N4O3/c1-5-6-16-34-21-8-7-9-22(17-21)35-27(33)31-25-11-10-24-26(30-25)23(18-29-24)20-12-14-32(15-13-20)19-28(2,3)4/h7-11,17-18,20,29H,5-6,12-16,19H2,1-4H3,(H,30,31,33). The molecule has 4 rings (SSSR count). The highest BCUT2D eigenvalue weighted by molar-refractivity contribution is 5.88. The number of ether oxygens (including phenoxy) is 2. The number of hydrogen-bond acceptors (Lipinski definition) is 5. The number of carbonyl (C=O) groups excluding carboxylic acids is 1. The van der Waals surface area contributed by atoms with Crippen LogP contribution in [0.15, 0.2) is 42.6 Å². The number of H-pyrrole nitrogens is 1. The highest BCUT2D eigenvalue weighted by Gasteiger charge is 2.26. The molecule has 3 heterocycles. The van der Waals surface area contributed by atoms with E-state index in [0.717, 1.165) is 56.4 Å². The molecule has 0 aliphatic carbocycles. The first-order valence-electron chi connectivity index (χ1n) is 12.7. The zero-order chi connectivity index (χ0) is 24.8. The Morgan fingerprint density at radius 3 is 2.69 bits per heavy atom. The Labute approximate surface area is 208 Å². The van der Waals surface area contributed by atoms with Crippen LogP contribution < -0.4 is 14.8 Å². The van der Waals surface area contributed by atoms with Crippen LogP contribution >= 0.6 is 0 Å². The predicted molar refractivity (Wildman–Crippen MR) is 140 cm³/mol. The molecule has 0 spiro atoms. The molecule has 0 saturated carbocycles. The van der Waals surface area contributed by atoms with Gasteiger partial charge >= 0.3 is 6.09 Å². The van der Waals surface area contributed by atoms with Gasteiger partial charge in [-0.25, -0.2) is 9.78 Å². The molecule has 1 amide bonds. The van der Waals surface area contributed by atoms with Crippen molar-refractivity contribution in [1.29, 1.82) is 0 Å². The van der Waals surface area contributed by atoms with Crippen molar-refractivity contribution in [2.45, 2.75) is 59.3 Å². The molecule has 7 heteroatoms. The van der Waals surface area contributed by atoms with Gasteiger partial charge in [-0.3, -0.25) is 5.32 Å². The number of aromatic nitrogens is 2. The minimum absolute atomic E-state index is 0.313. The molecule has 1 aromatic carbocycles. The van der Waals surface area contributed by atoms with Crippen LogP contribution in [0.25, 0.3) is 11.0 Å². The number of carbonyl (C=O) groups is 1. The molecule has 3 aromatic rings. The minimum atomic E-state index is -0.574. The smallest absolute Gasteiger partial charge is 0.418 e. The monoisotopic (exact) mass is 478 g/mol. The Morgan fingerprint density at radius 1 is 1.17 bits per heavy atom. The molecular formula is C28H38N4O3. The van der Waals surface area contributed by atoms with E-state index in [0.29, 0.717) is 35.3 Å². The Balaban J connectivity index is 1.38. The number of fused-ring (bicyclic) bond motifs is 1. The largest absolute Gasteiger partial charge is 0.493 e. The van der Waals surface area contributed by atoms with Crippen molar-refractivity contribution in [2.24, 2.45) is 5.41 Å². The lowest BCUT2D eigenvalue weighted by Crippen LogP contribution is -2.38. The number of aromatic amines is 1. The molecule has 1 saturated heterocycles. The second-order valence-electron chi connectivity index (χ2n) is 10.6. The van der Waals surface area contributed by atoms with Crippen LogP contribution in [0.3, 0.4) is 0 Å². The Bertz CT molecular complexity index is 1130. The maximum Gasteiger partial charge on any atom is 0.418 e. The predicted octanol–water partition coefficient (Wildman–Crippen LogP) is 6.58. The van der Waals surface area contributed by atoms with Crippen LogP contribution in [0.2, 0.25) is 0 Å². The summed E-state index contributed by atoms with van der Waals surface area (Å²) in [7, 11) is 0. The molecule has 1 aliphatic heterocycles. The summed E-state index contributed by atoms with van der Waals surface area (Å²) in [6.07, 6.45) is 5.78. The highest BCUT2D eigenvalue weighted by atomic mass is 16.6. The average Bonchev–Trinajstić information content (AvgIpc) is 3.22. The number of piperidine rings is 1. The van der Waals surface area contributed by atoms with Gasteiger partial charge in [0.15, 0.2) is 0 Å². The first-order chi connectivity index (χ1) is 16.8. The van der Waals surface area contributed by atoms with Crippen LogP contribution in [0.4, 0.5) is 10.6 Å². The van der Waals surface area contributed by atoms with Crippen molar-refractivity contribution in [3.63, 3.8) is 0 Å². The number of amides is 1. The van der Waals surface area contributed by atoms with E-state index in [1.54, 1.807) is 18.2 Å². The molecule has 1 fully saturated rings. The molecule has 35 heavy (non-hydrogen) atoms. The molecule has 2 aromatic heterocycles. The van der Waals surface area contributed by atoms with Crippen molar-refractivity contribution < 1.29 is 14.3 Å². The Hall–Kier alpha value is -3.06. The summed E-state index contributed by atoms with van der Waals surface area (Å²) in [6, 6.07) is 10.9. The topological polar surface area (TPSA) is 79.5 Å². The number of nitrogens with one attached hydrogen (secondary N) is 2. The second-order valence-corrected chi connectivity index (χ2v) is 10.6. The molecule has 0 radical (unpaired) electrons. The van der Waals surface area contributed by atoms with Crippen LogP contribution in [-0.2, 0) is 0 Å². The van der Waals surface area contributed by atoms with Crippen molar-refractivity contribution in [2.75, 3.05) is 31.6 Å². The number of likely N-dealkylation sites (tertiary alicyclic amines) is 1. The summed E-state index contributed by atoms with van der Waals surface area (Å²) >= 11 is 0. The quantitative estimate of drug-likeness (QED) is 0.358. The van der Waals surface area contributed by atoms with E-state index in [4.69, 9.17) is 14.5 Å². The number of hydrogen-bond donors (Lipinski definition) is 2. The third-order valence-electron chi connectivity index (χ3n) is 6.29. The van der Waals surface area contributed by atoms with Gasteiger partial charge in [-0.05, 0) is 73.5 Å². The van der Waals surface area contributed by atoms with Crippen LogP contribution in [-0.4, -0.2) is 47.2 Å². The SMILES string of the molecule is CCCCOc1cccc(OC(=O)Nc2ccc3[nH]cc(C4CCN(CC(C)(C)C)CC4)c3n2)c1. The van der Waals surface area contributed by atoms with Gasteiger partial charge in [0.1, 0.15) is 17.3 Å². The van der Waals surface area contributed by atoms with Crippen molar-refractivity contribution >= 4 is 22.9 Å². The fourth-order valence-corrected chi connectivity index (χ4v) is 4.67. The molecule has 2 N–H and O–H groups in total. The first-order valence-corrected chi connectivity index (χ1v) is 12.7. The molecule has 7 nitrogen and oxygen atoms in total. The van der Waals surface area contributed by atoms with E-state index >= 15 is 0 Å². The van der Waals surface area contributed by atoms with Crippen molar-refractivity contribution in [3.05, 3.63) is 48.2 Å². The van der Waals surface area contributed by atoms with Gasteiger partial charge in [-0.2, -0.15) is 0 Å². The maximum absolute atomic E-state index is 12.5. The van der Waals surface area contributed by atoms with E-state index in [1.807, 2.05) is 18.2 Å². The normalized spacial score (nSPS) is 15.3. The van der Waals surface area contributed by atoms with Gasteiger partial charge in [0.05, 0.1) is 17.6 Å². The molecule has 1 aliphatic rings. The lowest BCUT2D eigenvalue weighted by atomic mass is 9.88. The maximum atomic E-state index is 12.5. The van der Waals surface area contributed by atoms with E-state index in [1.165, 1.54) is 5.56 Å². The number of benzene rings is 1. The van der Waals surface area contributed by atoms with Crippen LogP contribution in [0.5, 0.6) is 11.5 Å². The summed E-state index contributed by atoms with van der Waals surface area (Å²) in [5.74, 6) is 2.06.